The van der Waals surface area contributed by atoms with Gasteiger partial charge >= 0.3 is 29.6 Å². The maximum Gasteiger partial charge on any atom is 1.00 e. The predicted molar refractivity (Wildman–Crippen MR) is 40.9 cm³/mol. The van der Waals surface area contributed by atoms with Crippen molar-refractivity contribution in [3.63, 3.8) is 0 Å². The van der Waals surface area contributed by atoms with Crippen molar-refractivity contribution < 1.29 is 53.9 Å². The molecule has 0 aromatic rings. The molecule has 0 aliphatic heterocycles. The molecule has 0 aromatic heterocycles. The fourth-order valence-electron chi connectivity index (χ4n) is 1.56. The molecule has 76 valence electrons. The molecule has 0 bridgehead atoms. The zero-order valence-corrected chi connectivity index (χ0v) is 10.8. The molecule has 1 amide bonds. The van der Waals surface area contributed by atoms with Gasteiger partial charge < -0.3 is 14.4 Å². The Labute approximate surface area is 104 Å². The number of carbonyl (C=O) groups excluding carboxylic acids is 1. The Hall–Kier alpha value is 0.580. The predicted octanol–water partition coefficient (Wildman–Crippen LogP) is -3.70. The largest absolute Gasteiger partial charge is 1.00 e. The van der Waals surface area contributed by atoms with Gasteiger partial charge in [0.05, 0.1) is 6.04 Å². The number of carbonyl (C=O) groups is 1. The Balaban J connectivity index is 0.00000169. The van der Waals surface area contributed by atoms with Crippen LogP contribution in [0.5, 0.6) is 0 Å². The van der Waals surface area contributed by atoms with Crippen LogP contribution in [0.15, 0.2) is 0 Å². The molecule has 14 heavy (non-hydrogen) atoms. The van der Waals surface area contributed by atoms with Crippen molar-refractivity contribution in [2.75, 3.05) is 0 Å². The standard InChI is InChI=1S/C6H12NO5P.Na/c8-4-7(9)5-1-2-6(3-5)13(10,11)12;/h4-6,9H,1-3H2,(H2,10,11,12);/q;+1/p-1. The van der Waals surface area contributed by atoms with E-state index in [0.717, 1.165) is 0 Å². The molecule has 3 atom stereocenters. The van der Waals surface area contributed by atoms with Crippen molar-refractivity contribution in [1.82, 2.24) is 5.06 Å². The van der Waals surface area contributed by atoms with Crippen LogP contribution < -0.4 is 34.5 Å². The van der Waals surface area contributed by atoms with E-state index >= 15 is 0 Å². The maximum absolute atomic E-state index is 10.7. The molecule has 0 spiro atoms. The average molecular weight is 231 g/mol. The number of hydrogen-bond donors (Lipinski definition) is 2. The minimum absolute atomic E-state index is 0. The Morgan fingerprint density at radius 2 is 2.07 bits per heavy atom. The van der Waals surface area contributed by atoms with Crippen LogP contribution >= 0.6 is 7.60 Å². The van der Waals surface area contributed by atoms with Crippen LogP contribution in [0, 0.1) is 0 Å². The van der Waals surface area contributed by atoms with Crippen molar-refractivity contribution in [3.8, 4) is 0 Å². The van der Waals surface area contributed by atoms with Gasteiger partial charge in [0.1, 0.15) is 7.60 Å². The minimum Gasteiger partial charge on any atom is -0.778 e. The first-order chi connectivity index (χ1) is 5.95. The molecule has 1 rings (SSSR count). The van der Waals surface area contributed by atoms with E-state index in [-0.39, 0.29) is 48.8 Å². The van der Waals surface area contributed by atoms with E-state index in [9.17, 15) is 14.3 Å². The zero-order chi connectivity index (χ0) is 10.1. The first-order valence-electron chi connectivity index (χ1n) is 3.91. The summed E-state index contributed by atoms with van der Waals surface area (Å²) >= 11 is 0. The third-order valence-electron chi connectivity index (χ3n) is 2.32. The molecular formula is C6H11NNaO5P. The molecule has 1 fully saturated rings. The van der Waals surface area contributed by atoms with Gasteiger partial charge in [-0.05, 0) is 19.3 Å². The van der Waals surface area contributed by atoms with Gasteiger partial charge in [-0.1, -0.05) is 0 Å². The molecule has 8 heteroatoms. The van der Waals surface area contributed by atoms with E-state index in [1.165, 1.54) is 0 Å². The summed E-state index contributed by atoms with van der Waals surface area (Å²) in [4.78, 5) is 29.5. The van der Waals surface area contributed by atoms with Crippen LogP contribution in [-0.4, -0.2) is 33.3 Å². The van der Waals surface area contributed by atoms with E-state index < -0.39 is 19.3 Å². The maximum atomic E-state index is 10.7. The average Bonchev–Trinajstić information content (AvgIpc) is 2.50. The van der Waals surface area contributed by atoms with E-state index in [2.05, 4.69) is 0 Å². The quantitative estimate of drug-likeness (QED) is 0.171. The molecule has 0 heterocycles. The van der Waals surface area contributed by atoms with Crippen molar-refractivity contribution in [2.45, 2.75) is 31.0 Å². The van der Waals surface area contributed by atoms with E-state index in [1.54, 1.807) is 0 Å². The normalized spacial score (nSPS) is 30.2. The molecule has 0 aromatic carbocycles. The Bertz CT molecular complexity index is 244. The molecule has 1 saturated carbocycles. The Morgan fingerprint density at radius 1 is 1.50 bits per heavy atom. The molecule has 1 aliphatic rings. The molecule has 2 N–H and O–H groups in total. The topological polar surface area (TPSA) is 101 Å². The summed E-state index contributed by atoms with van der Waals surface area (Å²) in [6, 6.07) is -0.489. The fourth-order valence-corrected chi connectivity index (χ4v) is 2.54. The van der Waals surface area contributed by atoms with Crippen LogP contribution in [0.4, 0.5) is 0 Å². The number of nitrogens with zero attached hydrogens (tertiary/aromatic N) is 1. The smallest absolute Gasteiger partial charge is 0.778 e. The van der Waals surface area contributed by atoms with Crippen molar-refractivity contribution >= 4 is 14.0 Å². The summed E-state index contributed by atoms with van der Waals surface area (Å²) in [5, 5.41) is 9.39. The second-order valence-electron chi connectivity index (χ2n) is 3.17. The second-order valence-corrected chi connectivity index (χ2v) is 5.03. The minimum atomic E-state index is -4.30. The van der Waals surface area contributed by atoms with Gasteiger partial charge in [-0.15, -0.1) is 0 Å². The van der Waals surface area contributed by atoms with Crippen LogP contribution in [-0.2, 0) is 9.36 Å². The molecule has 1 aliphatic carbocycles. The monoisotopic (exact) mass is 231 g/mol. The molecule has 0 saturated heterocycles. The van der Waals surface area contributed by atoms with E-state index in [1.807, 2.05) is 0 Å². The van der Waals surface area contributed by atoms with Gasteiger partial charge in [-0.2, -0.15) is 0 Å². The van der Waals surface area contributed by atoms with Crippen LogP contribution in [0.2, 0.25) is 0 Å². The van der Waals surface area contributed by atoms with Gasteiger partial charge in [0.25, 0.3) is 0 Å². The summed E-state index contributed by atoms with van der Waals surface area (Å²) in [5.41, 5.74) is -0.827. The number of rotatable bonds is 3. The molecule has 3 unspecified atom stereocenters. The van der Waals surface area contributed by atoms with E-state index in [4.69, 9.17) is 10.1 Å². The fraction of sp³-hybridized carbons (Fsp3) is 0.833. The summed E-state index contributed by atoms with van der Waals surface area (Å²) in [5.74, 6) is 0. The second kappa shape index (κ2) is 5.61. The van der Waals surface area contributed by atoms with Crippen LogP contribution in [0.3, 0.4) is 0 Å². The summed E-state index contributed by atoms with van der Waals surface area (Å²) in [6.07, 6.45) is 1.02. The SMILES string of the molecule is O=CN(O)C1CCC(P(=O)([O-])O)C1.[Na+]. The Kier molecular flexibility index (Phi) is 5.84. The van der Waals surface area contributed by atoms with Crippen molar-refractivity contribution in [2.24, 2.45) is 0 Å². The van der Waals surface area contributed by atoms with Crippen molar-refractivity contribution in [3.05, 3.63) is 0 Å². The number of hydroxylamine groups is 2. The first-order valence-corrected chi connectivity index (χ1v) is 5.56. The van der Waals surface area contributed by atoms with Gasteiger partial charge in [-0.25, -0.2) is 5.06 Å². The van der Waals surface area contributed by atoms with Gasteiger partial charge in [0, 0.05) is 5.66 Å². The summed E-state index contributed by atoms with van der Waals surface area (Å²) in [7, 11) is -4.30. The van der Waals surface area contributed by atoms with Crippen LogP contribution in [0.25, 0.3) is 0 Å². The summed E-state index contributed by atoms with van der Waals surface area (Å²) in [6.45, 7) is 0. The Morgan fingerprint density at radius 3 is 2.43 bits per heavy atom. The van der Waals surface area contributed by atoms with Gasteiger partial charge in [0.15, 0.2) is 0 Å². The third-order valence-corrected chi connectivity index (χ3v) is 3.71. The van der Waals surface area contributed by atoms with Crippen molar-refractivity contribution in [1.29, 1.82) is 0 Å². The molecular weight excluding hydrogens is 220 g/mol. The number of hydrogen-bond acceptors (Lipinski definition) is 4. The zero-order valence-electron chi connectivity index (χ0n) is 7.87. The van der Waals surface area contributed by atoms with E-state index in [0.29, 0.717) is 11.5 Å². The third kappa shape index (κ3) is 3.62. The molecule has 6 nitrogen and oxygen atoms in total. The van der Waals surface area contributed by atoms with Gasteiger partial charge in [0.2, 0.25) is 6.41 Å². The van der Waals surface area contributed by atoms with Gasteiger partial charge in [-0.3, -0.25) is 10.0 Å². The van der Waals surface area contributed by atoms with Crippen LogP contribution in [0.1, 0.15) is 19.3 Å². The number of amides is 1. The summed E-state index contributed by atoms with van der Waals surface area (Å²) < 4.78 is 10.7. The molecule has 0 radical (unpaired) electrons. The first kappa shape index (κ1) is 14.6.